The second kappa shape index (κ2) is 9.47. The number of ether oxygens (including phenoxy) is 3. The average molecular weight is 416 g/mol. The molecule has 6 nitrogen and oxygen atoms in total. The lowest BCUT2D eigenvalue weighted by Crippen LogP contribution is -2.21. The number of esters is 1. The molecule has 0 unspecified atom stereocenters. The van der Waals surface area contributed by atoms with Crippen molar-refractivity contribution in [1.82, 2.24) is 0 Å². The molecule has 0 saturated heterocycles. The van der Waals surface area contributed by atoms with E-state index in [9.17, 15) is 9.59 Å². The summed E-state index contributed by atoms with van der Waals surface area (Å²) in [5.74, 6) is 0.286. The highest BCUT2D eigenvalue weighted by molar-refractivity contribution is 6.32. The summed E-state index contributed by atoms with van der Waals surface area (Å²) in [6.07, 6.45) is 3.72. The van der Waals surface area contributed by atoms with Crippen LogP contribution in [0.15, 0.2) is 42.5 Å². The summed E-state index contributed by atoms with van der Waals surface area (Å²) in [7, 11) is 0. The largest absolute Gasteiger partial charge is 0.454 e. The van der Waals surface area contributed by atoms with Crippen LogP contribution in [0.5, 0.6) is 11.5 Å². The summed E-state index contributed by atoms with van der Waals surface area (Å²) in [5, 5.41) is 3.20. The third kappa shape index (κ3) is 5.29. The van der Waals surface area contributed by atoms with Gasteiger partial charge in [0.1, 0.15) is 0 Å². The Kier molecular flexibility index (Phi) is 6.77. The molecule has 1 atom stereocenters. The first-order valence-corrected chi connectivity index (χ1v) is 9.68. The van der Waals surface area contributed by atoms with Crippen LogP contribution in [0.4, 0.5) is 5.69 Å². The van der Waals surface area contributed by atoms with Crippen molar-refractivity contribution in [1.29, 1.82) is 0 Å². The molecule has 0 spiro atoms. The number of hydrogen-bond donors (Lipinski definition) is 1. The van der Waals surface area contributed by atoms with Gasteiger partial charge in [0.25, 0.3) is 5.91 Å². The number of amides is 1. The van der Waals surface area contributed by atoms with Gasteiger partial charge in [-0.3, -0.25) is 4.79 Å². The Morgan fingerprint density at radius 2 is 2.07 bits per heavy atom. The van der Waals surface area contributed by atoms with E-state index in [0.717, 1.165) is 17.7 Å². The predicted molar refractivity (Wildman–Crippen MR) is 111 cm³/mol. The summed E-state index contributed by atoms with van der Waals surface area (Å²) in [4.78, 5) is 24.1. The second-order valence-corrected chi connectivity index (χ2v) is 7.03. The number of benzene rings is 2. The van der Waals surface area contributed by atoms with Crippen molar-refractivity contribution in [2.24, 2.45) is 0 Å². The number of carbonyl (C=O) groups is 2. The van der Waals surface area contributed by atoms with Crippen molar-refractivity contribution in [3.63, 3.8) is 0 Å². The first-order valence-electron chi connectivity index (χ1n) is 9.30. The maximum absolute atomic E-state index is 12.2. The zero-order valence-electron chi connectivity index (χ0n) is 16.2. The molecule has 29 heavy (non-hydrogen) atoms. The Morgan fingerprint density at radius 1 is 1.28 bits per heavy atom. The third-order valence-electron chi connectivity index (χ3n) is 4.59. The molecule has 0 aromatic heterocycles. The van der Waals surface area contributed by atoms with E-state index >= 15 is 0 Å². The normalized spacial score (nSPS) is 13.3. The van der Waals surface area contributed by atoms with Crippen LogP contribution in [0.3, 0.4) is 0 Å². The molecule has 1 aliphatic heterocycles. The maximum atomic E-state index is 12.2. The van der Waals surface area contributed by atoms with E-state index in [0.29, 0.717) is 28.0 Å². The number of hydrogen-bond acceptors (Lipinski definition) is 5. The van der Waals surface area contributed by atoms with Crippen LogP contribution in [0.2, 0.25) is 5.02 Å². The molecule has 1 N–H and O–H groups in total. The van der Waals surface area contributed by atoms with Gasteiger partial charge in [-0.05, 0) is 47.7 Å². The van der Waals surface area contributed by atoms with Crippen molar-refractivity contribution in [2.75, 3.05) is 18.7 Å². The molecule has 0 bridgehead atoms. The molecular weight excluding hydrogens is 394 g/mol. The highest BCUT2D eigenvalue weighted by atomic mass is 35.5. The smallest absolute Gasteiger partial charge is 0.331 e. The van der Waals surface area contributed by atoms with E-state index in [1.165, 1.54) is 12.2 Å². The van der Waals surface area contributed by atoms with Gasteiger partial charge < -0.3 is 19.5 Å². The zero-order valence-corrected chi connectivity index (χ0v) is 17.0. The maximum Gasteiger partial charge on any atom is 0.331 e. The van der Waals surface area contributed by atoms with Crippen molar-refractivity contribution in [2.45, 2.75) is 26.2 Å². The van der Waals surface area contributed by atoms with Crippen molar-refractivity contribution in [3.05, 3.63) is 58.6 Å². The Labute approximate surface area is 174 Å². The molecule has 2 aromatic rings. The minimum absolute atomic E-state index is 0.111. The molecule has 1 amide bonds. The minimum atomic E-state index is -0.635. The summed E-state index contributed by atoms with van der Waals surface area (Å²) in [6.45, 7) is 3.92. The molecule has 1 aliphatic rings. The third-order valence-corrected chi connectivity index (χ3v) is 4.87. The lowest BCUT2D eigenvalue weighted by Gasteiger charge is -2.15. The molecule has 0 aliphatic carbocycles. The van der Waals surface area contributed by atoms with Crippen LogP contribution < -0.4 is 14.8 Å². The number of fused-ring (bicyclic) bond motifs is 1. The minimum Gasteiger partial charge on any atom is -0.454 e. The fourth-order valence-electron chi connectivity index (χ4n) is 2.88. The molecular formula is C22H22ClNO5. The van der Waals surface area contributed by atoms with Crippen LogP contribution in [0.25, 0.3) is 6.08 Å². The van der Waals surface area contributed by atoms with E-state index in [1.807, 2.05) is 24.3 Å². The lowest BCUT2D eigenvalue weighted by atomic mass is 9.97. The number of rotatable bonds is 7. The molecule has 152 valence electrons. The second-order valence-electron chi connectivity index (χ2n) is 6.62. The Bertz CT molecular complexity index is 941. The van der Waals surface area contributed by atoms with Gasteiger partial charge in [0.15, 0.2) is 18.1 Å². The average Bonchev–Trinajstić information content (AvgIpc) is 3.20. The van der Waals surface area contributed by atoms with Gasteiger partial charge in [0.2, 0.25) is 6.79 Å². The van der Waals surface area contributed by atoms with Crippen molar-refractivity contribution in [3.8, 4) is 11.5 Å². The monoisotopic (exact) mass is 415 g/mol. The zero-order chi connectivity index (χ0) is 20.8. The molecule has 0 saturated carbocycles. The van der Waals surface area contributed by atoms with Crippen molar-refractivity contribution >= 4 is 35.2 Å². The SMILES string of the molecule is CC[C@H](C)c1ccccc1NC(=O)COC(=O)/C=C/c1cc(Cl)c2c(c1)OCO2. The molecule has 2 aromatic carbocycles. The predicted octanol–water partition coefficient (Wildman–Crippen LogP) is 4.78. The fourth-order valence-corrected chi connectivity index (χ4v) is 3.15. The van der Waals surface area contributed by atoms with Crippen LogP contribution in [-0.4, -0.2) is 25.3 Å². The van der Waals surface area contributed by atoms with E-state index in [4.69, 9.17) is 25.8 Å². The van der Waals surface area contributed by atoms with E-state index in [-0.39, 0.29) is 13.4 Å². The summed E-state index contributed by atoms with van der Waals surface area (Å²) in [6, 6.07) is 11.0. The lowest BCUT2D eigenvalue weighted by molar-refractivity contribution is -0.142. The van der Waals surface area contributed by atoms with Crippen LogP contribution >= 0.6 is 11.6 Å². The first kappa shape index (κ1) is 20.7. The standard InChI is InChI=1S/C22H22ClNO5/c1-3-14(2)16-6-4-5-7-18(16)24-20(25)12-27-21(26)9-8-15-10-17(23)22-19(11-15)28-13-29-22/h4-11,14H,3,12-13H2,1-2H3,(H,24,25)/b9-8+/t14-/m0/s1. The summed E-state index contributed by atoms with van der Waals surface area (Å²) >= 11 is 6.11. The van der Waals surface area contributed by atoms with Crippen molar-refractivity contribution < 1.29 is 23.8 Å². The Hall–Kier alpha value is -2.99. The highest BCUT2D eigenvalue weighted by Gasteiger charge is 2.17. The number of halogens is 1. The van der Waals surface area contributed by atoms with Gasteiger partial charge in [-0.2, -0.15) is 0 Å². The first-order chi connectivity index (χ1) is 14.0. The molecule has 7 heteroatoms. The molecule has 0 radical (unpaired) electrons. The number of anilines is 1. The van der Waals surface area contributed by atoms with E-state index < -0.39 is 11.9 Å². The molecule has 0 fully saturated rings. The highest BCUT2D eigenvalue weighted by Crippen LogP contribution is 2.40. The van der Waals surface area contributed by atoms with Crippen LogP contribution in [0.1, 0.15) is 37.3 Å². The van der Waals surface area contributed by atoms with E-state index in [1.54, 1.807) is 12.1 Å². The topological polar surface area (TPSA) is 73.9 Å². The summed E-state index contributed by atoms with van der Waals surface area (Å²) in [5.41, 5.74) is 2.44. The van der Waals surface area contributed by atoms with Gasteiger partial charge in [-0.1, -0.05) is 43.6 Å². The van der Waals surface area contributed by atoms with Gasteiger partial charge >= 0.3 is 5.97 Å². The molecule has 1 heterocycles. The Morgan fingerprint density at radius 3 is 2.86 bits per heavy atom. The van der Waals surface area contributed by atoms with Gasteiger partial charge in [-0.25, -0.2) is 4.79 Å². The van der Waals surface area contributed by atoms with E-state index in [2.05, 4.69) is 19.2 Å². The fraction of sp³-hybridized carbons (Fsp3) is 0.273. The van der Waals surface area contributed by atoms with Crippen LogP contribution in [-0.2, 0) is 14.3 Å². The number of nitrogens with one attached hydrogen (secondary N) is 1. The van der Waals surface area contributed by atoms with Gasteiger partial charge in [0, 0.05) is 11.8 Å². The Balaban J connectivity index is 1.54. The quantitative estimate of drug-likeness (QED) is 0.520. The van der Waals surface area contributed by atoms with Gasteiger partial charge in [-0.15, -0.1) is 0 Å². The van der Waals surface area contributed by atoms with Gasteiger partial charge in [0.05, 0.1) is 5.02 Å². The summed E-state index contributed by atoms with van der Waals surface area (Å²) < 4.78 is 15.5. The number of carbonyl (C=O) groups excluding carboxylic acids is 2. The molecule has 3 rings (SSSR count). The number of para-hydroxylation sites is 1. The van der Waals surface area contributed by atoms with Crippen LogP contribution in [0, 0.1) is 0 Å².